The van der Waals surface area contributed by atoms with Gasteiger partial charge in [0.25, 0.3) is 5.91 Å². The molecular weight excluding hydrogens is 296 g/mol. The van der Waals surface area contributed by atoms with Gasteiger partial charge in [-0.15, -0.1) is 0 Å². The summed E-state index contributed by atoms with van der Waals surface area (Å²) in [7, 11) is 0. The zero-order valence-corrected chi connectivity index (χ0v) is 11.9. The van der Waals surface area contributed by atoms with E-state index in [1.54, 1.807) is 12.1 Å². The number of alkyl halides is 1. The molecule has 0 aliphatic carbocycles. The minimum absolute atomic E-state index is 0.0992. The van der Waals surface area contributed by atoms with Gasteiger partial charge in [0.1, 0.15) is 0 Å². The fourth-order valence-corrected chi connectivity index (χ4v) is 1.96. The molecule has 0 radical (unpaired) electrons. The molecular formula is C13H17BrN2O2. The van der Waals surface area contributed by atoms with Crippen LogP contribution in [-0.2, 0) is 11.2 Å². The van der Waals surface area contributed by atoms with Crippen LogP contribution in [0.4, 0.5) is 5.69 Å². The van der Waals surface area contributed by atoms with Crippen molar-refractivity contribution in [2.75, 3.05) is 10.6 Å². The van der Waals surface area contributed by atoms with Crippen LogP contribution in [0.3, 0.4) is 0 Å². The summed E-state index contributed by atoms with van der Waals surface area (Å²) in [6.45, 7) is 1.97. The Morgan fingerprint density at radius 3 is 2.67 bits per heavy atom. The molecule has 1 aromatic carbocycles. The number of hydrogen-bond acceptors (Lipinski definition) is 2. The number of halogens is 1. The van der Waals surface area contributed by atoms with Gasteiger partial charge in [-0.25, -0.2) is 0 Å². The fraction of sp³-hybridized carbons (Fsp3) is 0.385. The Morgan fingerprint density at radius 1 is 1.39 bits per heavy atom. The monoisotopic (exact) mass is 312 g/mol. The second-order valence-electron chi connectivity index (χ2n) is 3.90. The van der Waals surface area contributed by atoms with Gasteiger partial charge in [-0.3, -0.25) is 9.59 Å². The third kappa shape index (κ3) is 3.84. The second-order valence-corrected chi connectivity index (χ2v) is 4.69. The van der Waals surface area contributed by atoms with Gasteiger partial charge >= 0.3 is 0 Å². The minimum Gasteiger partial charge on any atom is -0.366 e. The van der Waals surface area contributed by atoms with Crippen LogP contribution in [0.1, 0.15) is 35.7 Å². The lowest BCUT2D eigenvalue weighted by atomic mass is 10.0. The molecule has 1 aromatic rings. The second kappa shape index (κ2) is 7.16. The van der Waals surface area contributed by atoms with Crippen molar-refractivity contribution in [1.29, 1.82) is 0 Å². The summed E-state index contributed by atoms with van der Waals surface area (Å²) in [6.07, 6.45) is 1.91. The number of carbonyl (C=O) groups excluding carboxylic acids is 2. The van der Waals surface area contributed by atoms with E-state index in [9.17, 15) is 9.59 Å². The van der Waals surface area contributed by atoms with Crippen LogP contribution in [-0.4, -0.2) is 17.1 Å². The van der Waals surface area contributed by atoms with Gasteiger partial charge in [0.15, 0.2) is 0 Å². The number of aryl methyl sites for hydroxylation is 1. The number of primary amides is 1. The van der Waals surface area contributed by atoms with Gasteiger partial charge in [-0.05, 0) is 24.5 Å². The number of benzene rings is 1. The molecule has 0 aliphatic heterocycles. The van der Waals surface area contributed by atoms with Crippen molar-refractivity contribution >= 4 is 33.4 Å². The van der Waals surface area contributed by atoms with E-state index >= 15 is 0 Å². The summed E-state index contributed by atoms with van der Waals surface area (Å²) in [6, 6.07) is 5.28. The standard InChI is InChI=1S/C13H17BrN2O2/c1-2-9-5-3-6-10(13(15)18)12(9)16-11(17)7-4-8-14/h3,5-6H,2,4,7-8H2,1H3,(H2,15,18)(H,16,17). The SMILES string of the molecule is CCc1cccc(C(N)=O)c1NC(=O)CCCBr. The van der Waals surface area contributed by atoms with Crippen LogP contribution in [0.5, 0.6) is 0 Å². The third-order valence-electron chi connectivity index (χ3n) is 2.60. The lowest BCUT2D eigenvalue weighted by Gasteiger charge is -2.13. The highest BCUT2D eigenvalue weighted by Gasteiger charge is 2.13. The molecule has 0 spiro atoms. The molecule has 5 heteroatoms. The van der Waals surface area contributed by atoms with Crippen molar-refractivity contribution < 1.29 is 9.59 Å². The van der Waals surface area contributed by atoms with Crippen LogP contribution in [0, 0.1) is 0 Å². The maximum absolute atomic E-state index is 11.7. The number of nitrogens with one attached hydrogen (secondary N) is 1. The Labute approximate surface area is 115 Å². The van der Waals surface area contributed by atoms with Crippen molar-refractivity contribution in [1.82, 2.24) is 0 Å². The molecule has 0 saturated heterocycles. The molecule has 1 rings (SSSR count). The molecule has 0 aliphatic rings. The smallest absolute Gasteiger partial charge is 0.250 e. The first-order chi connectivity index (χ1) is 8.60. The molecule has 2 amide bonds. The molecule has 18 heavy (non-hydrogen) atoms. The number of amides is 2. The number of rotatable bonds is 6. The van der Waals surface area contributed by atoms with E-state index in [1.807, 2.05) is 13.0 Å². The van der Waals surface area contributed by atoms with Gasteiger partial charge < -0.3 is 11.1 Å². The highest BCUT2D eigenvalue weighted by atomic mass is 79.9. The molecule has 0 fully saturated rings. The summed E-state index contributed by atoms with van der Waals surface area (Å²) in [5.41, 5.74) is 7.14. The summed E-state index contributed by atoms with van der Waals surface area (Å²) in [5.74, 6) is -0.626. The normalized spacial score (nSPS) is 10.1. The number of para-hydroxylation sites is 1. The zero-order chi connectivity index (χ0) is 13.5. The highest BCUT2D eigenvalue weighted by Crippen LogP contribution is 2.22. The summed E-state index contributed by atoms with van der Waals surface area (Å²) in [4.78, 5) is 23.1. The first-order valence-corrected chi connectivity index (χ1v) is 6.99. The van der Waals surface area contributed by atoms with Crippen LogP contribution >= 0.6 is 15.9 Å². The molecule has 0 unspecified atom stereocenters. The van der Waals surface area contributed by atoms with E-state index in [0.29, 0.717) is 17.7 Å². The predicted molar refractivity (Wildman–Crippen MR) is 76.0 cm³/mol. The van der Waals surface area contributed by atoms with Gasteiger partial charge in [0.2, 0.25) is 5.91 Å². The lowest BCUT2D eigenvalue weighted by Crippen LogP contribution is -2.19. The van der Waals surface area contributed by atoms with Gasteiger partial charge in [-0.1, -0.05) is 35.0 Å². The third-order valence-corrected chi connectivity index (χ3v) is 3.16. The lowest BCUT2D eigenvalue weighted by molar-refractivity contribution is -0.116. The first kappa shape index (κ1) is 14.7. The zero-order valence-electron chi connectivity index (χ0n) is 10.3. The van der Waals surface area contributed by atoms with E-state index in [2.05, 4.69) is 21.2 Å². The quantitative estimate of drug-likeness (QED) is 0.792. The molecule has 98 valence electrons. The maximum Gasteiger partial charge on any atom is 0.250 e. The van der Waals surface area contributed by atoms with Gasteiger partial charge in [-0.2, -0.15) is 0 Å². The summed E-state index contributed by atoms with van der Waals surface area (Å²) in [5, 5.41) is 3.56. The molecule has 0 aromatic heterocycles. The van der Waals surface area contributed by atoms with Crippen molar-refractivity contribution in [2.45, 2.75) is 26.2 Å². The Hall–Kier alpha value is -1.36. The average Bonchev–Trinajstić information content (AvgIpc) is 2.36. The predicted octanol–water partition coefficient (Wildman–Crippen LogP) is 2.46. The van der Waals surface area contributed by atoms with Crippen LogP contribution < -0.4 is 11.1 Å². The van der Waals surface area contributed by atoms with Gasteiger partial charge in [0.05, 0.1) is 11.3 Å². The van der Waals surface area contributed by atoms with E-state index in [4.69, 9.17) is 5.73 Å². The fourth-order valence-electron chi connectivity index (χ4n) is 1.68. The van der Waals surface area contributed by atoms with Crippen LogP contribution in [0.15, 0.2) is 18.2 Å². The van der Waals surface area contributed by atoms with E-state index < -0.39 is 5.91 Å². The Kier molecular flexibility index (Phi) is 5.85. The Bertz CT molecular complexity index is 447. The van der Waals surface area contributed by atoms with E-state index in [0.717, 1.165) is 23.7 Å². The van der Waals surface area contributed by atoms with E-state index in [1.165, 1.54) is 0 Å². The van der Waals surface area contributed by atoms with Crippen LogP contribution in [0.25, 0.3) is 0 Å². The molecule has 4 nitrogen and oxygen atoms in total. The van der Waals surface area contributed by atoms with Crippen molar-refractivity contribution in [3.05, 3.63) is 29.3 Å². The molecule has 0 heterocycles. The number of anilines is 1. The minimum atomic E-state index is -0.527. The highest BCUT2D eigenvalue weighted by molar-refractivity contribution is 9.09. The largest absolute Gasteiger partial charge is 0.366 e. The molecule has 0 saturated carbocycles. The van der Waals surface area contributed by atoms with E-state index in [-0.39, 0.29) is 5.91 Å². The topological polar surface area (TPSA) is 72.2 Å². The Morgan fingerprint density at radius 2 is 2.11 bits per heavy atom. The van der Waals surface area contributed by atoms with Crippen molar-refractivity contribution in [3.8, 4) is 0 Å². The maximum atomic E-state index is 11.7. The summed E-state index contributed by atoms with van der Waals surface area (Å²) < 4.78 is 0. The van der Waals surface area contributed by atoms with Crippen molar-refractivity contribution in [3.63, 3.8) is 0 Å². The first-order valence-electron chi connectivity index (χ1n) is 5.87. The molecule has 0 atom stereocenters. The average molecular weight is 313 g/mol. The van der Waals surface area contributed by atoms with Crippen molar-refractivity contribution in [2.24, 2.45) is 5.73 Å². The number of hydrogen-bond donors (Lipinski definition) is 2. The molecule has 3 N–H and O–H groups in total. The van der Waals surface area contributed by atoms with Crippen LogP contribution in [0.2, 0.25) is 0 Å². The number of nitrogens with two attached hydrogens (primary N) is 1. The van der Waals surface area contributed by atoms with Gasteiger partial charge in [0, 0.05) is 11.8 Å². The summed E-state index contributed by atoms with van der Waals surface area (Å²) >= 11 is 3.28. The Balaban J connectivity index is 2.97. The number of carbonyl (C=O) groups is 2. The molecule has 0 bridgehead atoms.